The highest BCUT2D eigenvalue weighted by atomic mass is 32.2. The quantitative estimate of drug-likeness (QED) is 0.102. The second kappa shape index (κ2) is 11.7. The number of carboxylic acids is 1. The molecule has 2 saturated heterocycles. The lowest BCUT2D eigenvalue weighted by Gasteiger charge is -2.49. The largest absolute Gasteiger partial charge is 0.477 e. The van der Waals surface area contributed by atoms with Gasteiger partial charge in [0.25, 0.3) is 18.7 Å². The number of nitrogens with two attached hydrogens (primary N) is 1. The Bertz CT molecular complexity index is 1220. The number of halogens is 1. The van der Waals surface area contributed by atoms with Gasteiger partial charge in [-0.15, -0.1) is 11.8 Å². The first-order valence-electron chi connectivity index (χ1n) is 11.1. The number of nitrogen functional groups attached to an aromatic ring is 1. The maximum absolute atomic E-state index is 12.9. The molecular formula is C19H24FN11O5S2. The molecule has 2 atom stereocenters. The summed E-state index contributed by atoms with van der Waals surface area (Å²) in [5, 5.41) is 32.1. The number of thioether (sulfide) groups is 1. The van der Waals surface area contributed by atoms with Gasteiger partial charge >= 0.3 is 5.97 Å². The summed E-state index contributed by atoms with van der Waals surface area (Å²) in [6, 6.07) is -1.09. The van der Waals surface area contributed by atoms with Crippen LogP contribution in [0.25, 0.3) is 0 Å². The third kappa shape index (κ3) is 5.53. The van der Waals surface area contributed by atoms with Crippen LogP contribution < -0.4 is 16.4 Å². The molecule has 2 amide bonds. The van der Waals surface area contributed by atoms with Crippen LogP contribution in [-0.4, -0.2) is 122 Å². The highest BCUT2D eigenvalue weighted by molar-refractivity contribution is 8.00. The number of carboxylic acid groups (broad SMARTS) is 1. The van der Waals surface area contributed by atoms with Gasteiger partial charge in [0.05, 0.1) is 6.21 Å². The van der Waals surface area contributed by atoms with Crippen molar-refractivity contribution in [1.29, 1.82) is 5.41 Å². The number of anilines is 1. The minimum atomic E-state index is -1.34. The molecule has 1 unspecified atom stereocenters. The number of nitrogens with one attached hydrogen (secondary N) is 3. The van der Waals surface area contributed by atoms with Crippen molar-refractivity contribution in [1.82, 2.24) is 34.8 Å². The highest BCUT2D eigenvalue weighted by Gasteiger charge is 2.54. The van der Waals surface area contributed by atoms with E-state index in [1.54, 1.807) is 7.05 Å². The number of carbonyl (C=O) groups is 3. The van der Waals surface area contributed by atoms with E-state index in [2.05, 4.69) is 35.1 Å². The van der Waals surface area contributed by atoms with Crippen molar-refractivity contribution in [3.05, 3.63) is 17.1 Å². The summed E-state index contributed by atoms with van der Waals surface area (Å²) in [5.41, 5.74) is 5.06. The van der Waals surface area contributed by atoms with E-state index >= 15 is 0 Å². The number of nitrogens with zero attached hydrogens (tertiary/aromatic N) is 7. The van der Waals surface area contributed by atoms with Crippen LogP contribution in [-0.2, 0) is 19.2 Å². The maximum atomic E-state index is 12.9. The molecule has 16 nitrogen and oxygen atoms in total. The molecule has 3 aliphatic rings. The molecule has 4 rings (SSSR count). The zero-order valence-electron chi connectivity index (χ0n) is 20.0. The van der Waals surface area contributed by atoms with E-state index in [0.717, 1.165) is 29.5 Å². The third-order valence-electron chi connectivity index (χ3n) is 5.67. The van der Waals surface area contributed by atoms with Gasteiger partial charge in [-0.05, 0) is 0 Å². The van der Waals surface area contributed by atoms with Gasteiger partial charge in [0.15, 0.2) is 5.13 Å². The molecule has 3 aliphatic heterocycles. The Morgan fingerprint density at radius 2 is 2.18 bits per heavy atom. The normalized spacial score (nSPS) is 21.7. The Balaban J connectivity index is 1.47. The lowest BCUT2D eigenvalue weighted by atomic mass is 10.0. The fourth-order valence-corrected chi connectivity index (χ4v) is 5.58. The van der Waals surface area contributed by atoms with E-state index < -0.39 is 41.8 Å². The molecule has 6 N–H and O–H groups in total. The fraction of sp³-hybridized carbons (Fsp3) is 0.474. The topological polar surface area (TPSA) is 215 Å². The third-order valence-corrected chi connectivity index (χ3v) is 7.51. The summed E-state index contributed by atoms with van der Waals surface area (Å²) >= 11 is 2.00. The number of amides is 2. The summed E-state index contributed by atoms with van der Waals surface area (Å²) in [6.07, 6.45) is 1.32. The molecule has 19 heteroatoms. The summed E-state index contributed by atoms with van der Waals surface area (Å²) in [6.45, 7) is 1.46. The van der Waals surface area contributed by atoms with Crippen LogP contribution in [0.15, 0.2) is 21.5 Å². The fourth-order valence-electron chi connectivity index (χ4n) is 3.85. The Labute approximate surface area is 223 Å². The van der Waals surface area contributed by atoms with Gasteiger partial charge in [-0.25, -0.2) is 14.2 Å². The van der Waals surface area contributed by atoms with Crippen molar-refractivity contribution in [2.45, 2.75) is 11.4 Å². The Hall–Kier alpha value is -3.84. The first-order chi connectivity index (χ1) is 18.2. The van der Waals surface area contributed by atoms with Crippen LogP contribution in [0, 0.1) is 5.41 Å². The smallest absolute Gasteiger partial charge is 0.353 e. The van der Waals surface area contributed by atoms with E-state index in [4.69, 9.17) is 11.1 Å². The van der Waals surface area contributed by atoms with Crippen LogP contribution in [0.3, 0.4) is 0 Å². The van der Waals surface area contributed by atoms with Crippen molar-refractivity contribution >= 4 is 64.1 Å². The van der Waals surface area contributed by atoms with Crippen LogP contribution >= 0.6 is 23.3 Å². The molecule has 1 aromatic rings. The minimum Gasteiger partial charge on any atom is -0.477 e. The van der Waals surface area contributed by atoms with Gasteiger partial charge in [-0.3, -0.25) is 19.9 Å². The number of hydrazone groups is 1. The zero-order valence-corrected chi connectivity index (χ0v) is 21.6. The predicted octanol–water partition coefficient (Wildman–Crippen LogP) is -1.74. The van der Waals surface area contributed by atoms with E-state index in [0.29, 0.717) is 13.1 Å². The number of oxime groups is 1. The maximum Gasteiger partial charge on any atom is 0.353 e. The lowest BCUT2D eigenvalue weighted by molar-refractivity contribution is -0.150. The SMILES string of the molecule is CN(N=CC1=C(C(=O)O)N2C(=O)C(NC(=O)C(=NOCF)c3nsc(N)n3)[C@@H]2SC1)C(=N)N1CCNCC1. The van der Waals surface area contributed by atoms with E-state index in [1.807, 2.05) is 4.90 Å². The van der Waals surface area contributed by atoms with Gasteiger partial charge in [0, 0.05) is 56.1 Å². The first-order valence-corrected chi connectivity index (χ1v) is 12.9. The Kier molecular flexibility index (Phi) is 8.37. The monoisotopic (exact) mass is 569 g/mol. The molecule has 1 aromatic heterocycles. The number of piperazine rings is 1. The summed E-state index contributed by atoms with van der Waals surface area (Å²) in [4.78, 5) is 48.9. The van der Waals surface area contributed by atoms with E-state index in [-0.39, 0.29) is 33.9 Å². The second-order valence-electron chi connectivity index (χ2n) is 8.00. The Morgan fingerprint density at radius 3 is 2.82 bits per heavy atom. The van der Waals surface area contributed by atoms with Crippen LogP contribution in [0.4, 0.5) is 9.52 Å². The average Bonchev–Trinajstić information content (AvgIpc) is 3.35. The molecule has 0 spiro atoms. The van der Waals surface area contributed by atoms with E-state index in [1.165, 1.54) is 23.0 Å². The van der Waals surface area contributed by atoms with Crippen LogP contribution in [0.5, 0.6) is 0 Å². The number of aliphatic carboxylic acids is 1. The number of rotatable bonds is 8. The molecule has 204 valence electrons. The summed E-state index contributed by atoms with van der Waals surface area (Å²) < 4.78 is 16.3. The molecule has 0 radical (unpaired) electrons. The highest BCUT2D eigenvalue weighted by Crippen LogP contribution is 2.40. The van der Waals surface area contributed by atoms with Crippen molar-refractivity contribution in [3.8, 4) is 0 Å². The number of aromatic nitrogens is 2. The molecule has 0 saturated carbocycles. The molecule has 0 bridgehead atoms. The number of carbonyl (C=O) groups excluding carboxylic acids is 2. The van der Waals surface area contributed by atoms with Crippen molar-refractivity contribution in [2.24, 2.45) is 10.3 Å². The van der Waals surface area contributed by atoms with Gasteiger partial charge in [-0.1, -0.05) is 5.16 Å². The molecule has 38 heavy (non-hydrogen) atoms. The number of guanidine groups is 1. The number of hydrogen-bond acceptors (Lipinski definition) is 13. The van der Waals surface area contributed by atoms with E-state index in [9.17, 15) is 23.9 Å². The molecule has 4 heterocycles. The second-order valence-corrected chi connectivity index (χ2v) is 9.89. The molecule has 2 fully saturated rings. The number of β-lactam (4-membered cyclic amide) rings is 1. The summed E-state index contributed by atoms with van der Waals surface area (Å²) in [5.74, 6) is -2.80. The Morgan fingerprint density at radius 1 is 1.45 bits per heavy atom. The lowest BCUT2D eigenvalue weighted by Crippen LogP contribution is -2.71. The number of fused-ring (bicyclic) bond motifs is 1. The van der Waals surface area contributed by atoms with Crippen LogP contribution in [0.1, 0.15) is 5.82 Å². The van der Waals surface area contributed by atoms with Gasteiger partial charge in [0.2, 0.25) is 17.5 Å². The van der Waals surface area contributed by atoms with Gasteiger partial charge < -0.3 is 31.2 Å². The number of hydrogen-bond donors (Lipinski definition) is 5. The molecule has 0 aliphatic carbocycles. The van der Waals surface area contributed by atoms with Crippen LogP contribution in [0.2, 0.25) is 0 Å². The first kappa shape index (κ1) is 27.2. The van der Waals surface area contributed by atoms with Crippen molar-refractivity contribution in [2.75, 3.05) is 51.6 Å². The predicted molar refractivity (Wildman–Crippen MR) is 136 cm³/mol. The molecule has 0 aromatic carbocycles. The standard InChI is InChI=1S/C19H24FN11O5S2/c1-29(19(22)30-4-2-23-3-5-30)24-6-9-7-37-16-11(15(33)31(16)12(9)17(34)35)25-14(32)10(27-36-8-20)13-26-18(21)38-28-13/h6,11,16,22-23H,2-5,7-8H2,1H3,(H,25,32)(H,34,35)(H2,21,26,28)/t11?,16-/m0/s1. The zero-order chi connectivity index (χ0) is 27.4. The average molecular weight is 570 g/mol. The van der Waals surface area contributed by atoms with Crippen molar-refractivity contribution < 1.29 is 28.7 Å². The number of alkyl halides is 1. The summed E-state index contributed by atoms with van der Waals surface area (Å²) in [7, 11) is 1.58. The van der Waals surface area contributed by atoms with Gasteiger partial charge in [0.1, 0.15) is 17.1 Å². The van der Waals surface area contributed by atoms with Crippen molar-refractivity contribution in [3.63, 3.8) is 0 Å². The molecular weight excluding hydrogens is 545 g/mol. The minimum absolute atomic E-state index is 0.0358. The van der Waals surface area contributed by atoms with Gasteiger partial charge in [-0.2, -0.15) is 14.5 Å².